The Labute approximate surface area is 120 Å². The third-order valence-corrected chi connectivity index (χ3v) is 3.12. The highest BCUT2D eigenvalue weighted by molar-refractivity contribution is 5.94. The molecule has 0 saturated carbocycles. The fraction of sp³-hybridized carbons (Fsp3) is 0.211. The van der Waals surface area contributed by atoms with Crippen molar-refractivity contribution in [3.8, 4) is 23.0 Å². The van der Waals surface area contributed by atoms with Gasteiger partial charge in [0.2, 0.25) is 0 Å². The highest BCUT2D eigenvalue weighted by Crippen LogP contribution is 2.20. The third-order valence-electron chi connectivity index (χ3n) is 3.12. The number of benzene rings is 2. The van der Waals surface area contributed by atoms with Gasteiger partial charge in [-0.1, -0.05) is 55.2 Å². The second kappa shape index (κ2) is 6.73. The van der Waals surface area contributed by atoms with Gasteiger partial charge in [-0.3, -0.25) is 4.79 Å². The molecule has 1 heteroatoms. The molecule has 0 aromatic heterocycles. The lowest BCUT2D eigenvalue weighted by Crippen LogP contribution is -1.90. The Bertz CT molecular complexity index is 637. The van der Waals surface area contributed by atoms with Crippen LogP contribution in [0.25, 0.3) is 11.1 Å². The molecule has 0 spiro atoms. The maximum Gasteiger partial charge on any atom is 0.159 e. The van der Waals surface area contributed by atoms with Crippen molar-refractivity contribution in [2.75, 3.05) is 0 Å². The van der Waals surface area contributed by atoms with Crippen molar-refractivity contribution in [3.63, 3.8) is 0 Å². The van der Waals surface area contributed by atoms with Crippen LogP contribution in [0, 0.1) is 11.8 Å². The monoisotopic (exact) mass is 262 g/mol. The minimum atomic E-state index is 0.0955. The number of carbonyl (C=O) groups excluding carboxylic acids is 1. The molecule has 0 heterocycles. The molecule has 100 valence electrons. The molecule has 0 aliphatic rings. The fourth-order valence-corrected chi connectivity index (χ4v) is 1.93. The van der Waals surface area contributed by atoms with Crippen LogP contribution in [0.5, 0.6) is 0 Å². The molecule has 20 heavy (non-hydrogen) atoms. The van der Waals surface area contributed by atoms with Crippen molar-refractivity contribution in [3.05, 3.63) is 59.7 Å². The topological polar surface area (TPSA) is 17.1 Å². The number of hydrogen-bond acceptors (Lipinski definition) is 1. The van der Waals surface area contributed by atoms with Crippen molar-refractivity contribution in [2.45, 2.75) is 26.7 Å². The maximum atomic E-state index is 11.2. The molecule has 0 atom stereocenters. The first-order valence-electron chi connectivity index (χ1n) is 6.91. The molecule has 0 unspecified atom stereocenters. The van der Waals surface area contributed by atoms with E-state index in [1.807, 2.05) is 36.4 Å². The molecular formula is C19H18O. The van der Waals surface area contributed by atoms with Crippen LogP contribution in [0.4, 0.5) is 0 Å². The van der Waals surface area contributed by atoms with Gasteiger partial charge in [0.15, 0.2) is 5.78 Å². The fourth-order valence-electron chi connectivity index (χ4n) is 1.93. The van der Waals surface area contributed by atoms with E-state index >= 15 is 0 Å². The van der Waals surface area contributed by atoms with Crippen LogP contribution >= 0.6 is 0 Å². The summed E-state index contributed by atoms with van der Waals surface area (Å²) in [5, 5.41) is 0. The standard InChI is InChI=1S/C19H18O/c1-3-4-5-6-16-7-9-18(10-8-16)19-13-11-17(12-14-19)15(2)20/h7-14H,3-4H2,1-2H3. The first-order chi connectivity index (χ1) is 9.70. The molecular weight excluding hydrogens is 244 g/mol. The van der Waals surface area contributed by atoms with Gasteiger partial charge in [-0.15, -0.1) is 0 Å². The van der Waals surface area contributed by atoms with Crippen LogP contribution in [-0.4, -0.2) is 5.78 Å². The van der Waals surface area contributed by atoms with E-state index in [0.29, 0.717) is 0 Å². The molecule has 0 fully saturated rings. The lowest BCUT2D eigenvalue weighted by molar-refractivity contribution is 0.101. The molecule has 0 saturated heterocycles. The minimum Gasteiger partial charge on any atom is -0.295 e. The van der Waals surface area contributed by atoms with E-state index in [9.17, 15) is 4.79 Å². The van der Waals surface area contributed by atoms with E-state index in [0.717, 1.165) is 35.1 Å². The van der Waals surface area contributed by atoms with Crippen LogP contribution in [0.15, 0.2) is 48.5 Å². The first kappa shape index (κ1) is 14.1. The SMILES string of the molecule is CCCC#Cc1ccc(-c2ccc(C(C)=O)cc2)cc1. The largest absolute Gasteiger partial charge is 0.295 e. The number of unbranched alkanes of at least 4 members (excludes halogenated alkanes) is 1. The van der Waals surface area contributed by atoms with Gasteiger partial charge in [0, 0.05) is 17.5 Å². The summed E-state index contributed by atoms with van der Waals surface area (Å²) in [7, 11) is 0. The molecule has 1 nitrogen and oxygen atoms in total. The van der Waals surface area contributed by atoms with Gasteiger partial charge in [0.25, 0.3) is 0 Å². The zero-order chi connectivity index (χ0) is 14.4. The van der Waals surface area contributed by atoms with Gasteiger partial charge < -0.3 is 0 Å². The predicted octanol–water partition coefficient (Wildman–Crippen LogP) is 4.71. The summed E-state index contributed by atoms with van der Waals surface area (Å²) in [6, 6.07) is 15.9. The molecule has 2 aromatic rings. The van der Waals surface area contributed by atoms with E-state index in [1.165, 1.54) is 0 Å². The molecule has 0 aliphatic carbocycles. The van der Waals surface area contributed by atoms with Crippen LogP contribution in [-0.2, 0) is 0 Å². The first-order valence-corrected chi connectivity index (χ1v) is 6.91. The Hall–Kier alpha value is -2.33. The quantitative estimate of drug-likeness (QED) is 0.578. The van der Waals surface area contributed by atoms with Crippen molar-refractivity contribution < 1.29 is 4.79 Å². The molecule has 0 aliphatic heterocycles. The maximum absolute atomic E-state index is 11.2. The molecule has 0 bridgehead atoms. The summed E-state index contributed by atoms with van der Waals surface area (Å²) in [5.41, 5.74) is 4.04. The van der Waals surface area contributed by atoms with E-state index in [2.05, 4.69) is 30.9 Å². The van der Waals surface area contributed by atoms with Crippen LogP contribution in [0.1, 0.15) is 42.6 Å². The van der Waals surface area contributed by atoms with Crippen LogP contribution in [0.3, 0.4) is 0 Å². The van der Waals surface area contributed by atoms with Crippen molar-refractivity contribution >= 4 is 5.78 Å². The van der Waals surface area contributed by atoms with Crippen LogP contribution < -0.4 is 0 Å². The summed E-state index contributed by atoms with van der Waals surface area (Å²) in [6.07, 6.45) is 2.03. The van der Waals surface area contributed by atoms with E-state index in [-0.39, 0.29) is 5.78 Å². The third kappa shape index (κ3) is 3.59. The predicted molar refractivity (Wildman–Crippen MR) is 83.7 cm³/mol. The Morgan fingerprint density at radius 3 is 2.00 bits per heavy atom. The lowest BCUT2D eigenvalue weighted by atomic mass is 10.0. The molecule has 2 rings (SSSR count). The second-order valence-corrected chi connectivity index (χ2v) is 4.76. The smallest absolute Gasteiger partial charge is 0.159 e. The Kier molecular flexibility index (Phi) is 4.74. The van der Waals surface area contributed by atoms with Gasteiger partial charge in [-0.25, -0.2) is 0 Å². The Morgan fingerprint density at radius 2 is 1.50 bits per heavy atom. The zero-order valence-corrected chi connectivity index (χ0v) is 11.9. The average molecular weight is 262 g/mol. The van der Waals surface area contributed by atoms with E-state index in [4.69, 9.17) is 0 Å². The van der Waals surface area contributed by atoms with Crippen molar-refractivity contribution in [1.29, 1.82) is 0 Å². The summed E-state index contributed by atoms with van der Waals surface area (Å²) in [4.78, 5) is 11.2. The van der Waals surface area contributed by atoms with Gasteiger partial charge in [-0.05, 0) is 36.6 Å². The van der Waals surface area contributed by atoms with E-state index in [1.54, 1.807) is 6.92 Å². The summed E-state index contributed by atoms with van der Waals surface area (Å²) in [6.45, 7) is 3.71. The van der Waals surface area contributed by atoms with E-state index < -0.39 is 0 Å². The Morgan fingerprint density at radius 1 is 0.950 bits per heavy atom. The molecule has 0 N–H and O–H groups in total. The highest BCUT2D eigenvalue weighted by Gasteiger charge is 2.00. The minimum absolute atomic E-state index is 0.0955. The number of rotatable bonds is 3. The van der Waals surface area contributed by atoms with Gasteiger partial charge in [-0.2, -0.15) is 0 Å². The lowest BCUT2D eigenvalue weighted by Gasteiger charge is -2.03. The molecule has 0 radical (unpaired) electrons. The summed E-state index contributed by atoms with van der Waals surface area (Å²) < 4.78 is 0. The number of ketones is 1. The summed E-state index contributed by atoms with van der Waals surface area (Å²) >= 11 is 0. The van der Waals surface area contributed by atoms with Crippen molar-refractivity contribution in [1.82, 2.24) is 0 Å². The number of Topliss-reactive ketones (excluding diaryl/α,β-unsaturated/α-hetero) is 1. The summed E-state index contributed by atoms with van der Waals surface area (Å²) in [5.74, 6) is 6.39. The van der Waals surface area contributed by atoms with Gasteiger partial charge in [0.05, 0.1) is 0 Å². The van der Waals surface area contributed by atoms with Gasteiger partial charge in [0.1, 0.15) is 0 Å². The number of carbonyl (C=O) groups is 1. The zero-order valence-electron chi connectivity index (χ0n) is 11.9. The average Bonchev–Trinajstić information content (AvgIpc) is 2.48. The number of hydrogen-bond donors (Lipinski definition) is 0. The molecule has 2 aromatic carbocycles. The normalized spacial score (nSPS) is 9.70. The highest BCUT2D eigenvalue weighted by atomic mass is 16.1. The second-order valence-electron chi connectivity index (χ2n) is 4.76. The van der Waals surface area contributed by atoms with Crippen LogP contribution in [0.2, 0.25) is 0 Å². The van der Waals surface area contributed by atoms with Crippen molar-refractivity contribution in [2.24, 2.45) is 0 Å². The Balaban J connectivity index is 2.18. The van der Waals surface area contributed by atoms with Gasteiger partial charge >= 0.3 is 0 Å². The molecule has 0 amide bonds.